The van der Waals surface area contributed by atoms with E-state index in [9.17, 15) is 14.4 Å². The highest BCUT2D eigenvalue weighted by molar-refractivity contribution is 7.08. The fourth-order valence-electron chi connectivity index (χ4n) is 2.56. The molecule has 1 atom stereocenters. The number of carbonyl (C=O) groups is 3. The van der Waals surface area contributed by atoms with Crippen LogP contribution in [0.5, 0.6) is 0 Å². The topological polar surface area (TPSA) is 78.5 Å². The number of nitrogens with one attached hydrogen (secondary N) is 2. The van der Waals surface area contributed by atoms with Crippen molar-refractivity contribution in [3.05, 3.63) is 22.4 Å². The number of nitrogens with zero attached hydrogens (tertiary/aromatic N) is 1. The van der Waals surface area contributed by atoms with Crippen molar-refractivity contribution < 1.29 is 14.4 Å². The lowest BCUT2D eigenvalue weighted by atomic mass is 9.95. The van der Waals surface area contributed by atoms with E-state index in [0.717, 1.165) is 36.1 Å². The van der Waals surface area contributed by atoms with Crippen LogP contribution in [0.15, 0.2) is 16.8 Å². The number of hydrogen-bond donors (Lipinski definition) is 2. The van der Waals surface area contributed by atoms with Gasteiger partial charge in [0.1, 0.15) is 12.1 Å². The molecule has 2 rings (SSSR count). The smallest absolute Gasteiger partial charge is 0.325 e. The molecular formula is C16H23N3O3S. The molecule has 1 saturated heterocycles. The molecule has 0 aromatic carbocycles. The Labute approximate surface area is 140 Å². The lowest BCUT2D eigenvalue weighted by Crippen LogP contribution is -2.43. The maximum Gasteiger partial charge on any atom is 0.325 e. The molecule has 1 aromatic heterocycles. The highest BCUT2D eigenvalue weighted by Gasteiger charge is 2.49. The minimum atomic E-state index is -1.08. The van der Waals surface area contributed by atoms with Crippen molar-refractivity contribution in [2.75, 3.05) is 13.1 Å². The predicted molar refractivity (Wildman–Crippen MR) is 89.1 cm³/mol. The summed E-state index contributed by atoms with van der Waals surface area (Å²) in [5.41, 5.74) is -0.346. The molecule has 1 aliphatic heterocycles. The molecule has 0 bridgehead atoms. The Morgan fingerprint density at radius 3 is 2.78 bits per heavy atom. The zero-order valence-electron chi connectivity index (χ0n) is 13.6. The van der Waals surface area contributed by atoms with Crippen LogP contribution in [0.4, 0.5) is 4.79 Å². The molecule has 23 heavy (non-hydrogen) atoms. The standard InChI is InChI=1S/C16H23N3O3S/c1-3-4-5-6-8-17-13(20)10-19-14(21)16(2,18-15(19)22)12-7-9-23-11-12/h7,9,11H,3-6,8,10H2,1-2H3,(H,17,20)(H,18,22). The zero-order chi connectivity index (χ0) is 16.9. The van der Waals surface area contributed by atoms with E-state index in [2.05, 4.69) is 17.6 Å². The molecule has 0 saturated carbocycles. The molecule has 1 aliphatic rings. The van der Waals surface area contributed by atoms with Gasteiger partial charge in [-0.15, -0.1) is 0 Å². The van der Waals surface area contributed by atoms with Crippen molar-refractivity contribution in [1.82, 2.24) is 15.5 Å². The molecule has 4 amide bonds. The molecule has 7 heteroatoms. The minimum absolute atomic E-state index is 0.238. The first-order valence-corrected chi connectivity index (χ1v) is 8.86. The normalized spacial score (nSPS) is 20.7. The molecule has 0 spiro atoms. The summed E-state index contributed by atoms with van der Waals surface area (Å²) in [6.45, 7) is 4.13. The third-order valence-corrected chi connectivity index (χ3v) is 4.71. The largest absolute Gasteiger partial charge is 0.355 e. The van der Waals surface area contributed by atoms with Crippen molar-refractivity contribution in [2.24, 2.45) is 0 Å². The number of imide groups is 1. The molecule has 1 unspecified atom stereocenters. The van der Waals surface area contributed by atoms with Crippen LogP contribution >= 0.6 is 11.3 Å². The second-order valence-electron chi connectivity index (χ2n) is 5.87. The Balaban J connectivity index is 1.89. The predicted octanol–water partition coefficient (Wildman–Crippen LogP) is 2.21. The van der Waals surface area contributed by atoms with Gasteiger partial charge in [0, 0.05) is 6.54 Å². The van der Waals surface area contributed by atoms with Gasteiger partial charge in [-0.25, -0.2) is 4.79 Å². The van der Waals surface area contributed by atoms with Gasteiger partial charge in [-0.3, -0.25) is 14.5 Å². The van der Waals surface area contributed by atoms with Crippen LogP contribution in [0.25, 0.3) is 0 Å². The van der Waals surface area contributed by atoms with Crippen molar-refractivity contribution in [3.63, 3.8) is 0 Å². The fourth-order valence-corrected chi connectivity index (χ4v) is 3.33. The number of urea groups is 1. The Morgan fingerprint density at radius 2 is 2.13 bits per heavy atom. The van der Waals surface area contributed by atoms with Crippen molar-refractivity contribution >= 4 is 29.2 Å². The first-order chi connectivity index (χ1) is 11.0. The number of hydrogen-bond acceptors (Lipinski definition) is 4. The molecular weight excluding hydrogens is 314 g/mol. The maximum absolute atomic E-state index is 12.6. The molecule has 126 valence electrons. The van der Waals surface area contributed by atoms with E-state index >= 15 is 0 Å². The van der Waals surface area contributed by atoms with Crippen LogP contribution in [0, 0.1) is 0 Å². The quantitative estimate of drug-likeness (QED) is 0.564. The molecule has 1 aromatic rings. The van der Waals surface area contributed by atoms with Crippen LogP contribution in [0.1, 0.15) is 45.1 Å². The second kappa shape index (κ2) is 7.59. The number of rotatable bonds is 8. The van der Waals surface area contributed by atoms with Gasteiger partial charge in [0.05, 0.1) is 0 Å². The van der Waals surface area contributed by atoms with Gasteiger partial charge in [-0.1, -0.05) is 26.2 Å². The SMILES string of the molecule is CCCCCCNC(=O)CN1C(=O)NC(C)(c2ccsc2)C1=O. The van der Waals surface area contributed by atoms with E-state index in [1.54, 1.807) is 13.0 Å². The molecule has 2 heterocycles. The lowest BCUT2D eigenvalue weighted by molar-refractivity contribution is -0.134. The van der Waals surface area contributed by atoms with E-state index in [4.69, 9.17) is 0 Å². The highest BCUT2D eigenvalue weighted by Crippen LogP contribution is 2.29. The van der Waals surface area contributed by atoms with Crippen LogP contribution in [-0.2, 0) is 15.1 Å². The minimum Gasteiger partial charge on any atom is -0.355 e. The number of unbranched alkanes of at least 4 members (excludes halogenated alkanes) is 3. The lowest BCUT2D eigenvalue weighted by Gasteiger charge is -2.20. The van der Waals surface area contributed by atoms with E-state index < -0.39 is 11.6 Å². The van der Waals surface area contributed by atoms with Gasteiger partial charge < -0.3 is 10.6 Å². The number of carbonyl (C=O) groups excluding carboxylic acids is 3. The Hall–Kier alpha value is -1.89. The monoisotopic (exact) mass is 337 g/mol. The van der Waals surface area contributed by atoms with Crippen LogP contribution < -0.4 is 10.6 Å². The van der Waals surface area contributed by atoms with Gasteiger partial charge in [0.15, 0.2) is 0 Å². The highest BCUT2D eigenvalue weighted by atomic mass is 32.1. The summed E-state index contributed by atoms with van der Waals surface area (Å²) in [4.78, 5) is 37.5. The van der Waals surface area contributed by atoms with Gasteiger partial charge in [0.2, 0.25) is 5.91 Å². The summed E-state index contributed by atoms with van der Waals surface area (Å²) in [6.07, 6.45) is 4.25. The van der Waals surface area contributed by atoms with Crippen LogP contribution in [-0.4, -0.2) is 35.8 Å². The average molecular weight is 337 g/mol. The van der Waals surface area contributed by atoms with Crippen LogP contribution in [0.3, 0.4) is 0 Å². The van der Waals surface area contributed by atoms with Gasteiger partial charge >= 0.3 is 6.03 Å². The summed E-state index contributed by atoms with van der Waals surface area (Å²) >= 11 is 1.46. The molecule has 0 radical (unpaired) electrons. The Kier molecular flexibility index (Phi) is 5.76. The fraction of sp³-hybridized carbons (Fsp3) is 0.562. The van der Waals surface area contributed by atoms with E-state index in [-0.39, 0.29) is 18.4 Å². The van der Waals surface area contributed by atoms with E-state index in [0.29, 0.717) is 6.54 Å². The second-order valence-corrected chi connectivity index (χ2v) is 6.65. The summed E-state index contributed by atoms with van der Waals surface area (Å²) in [5, 5.41) is 9.13. The van der Waals surface area contributed by atoms with Crippen molar-refractivity contribution in [2.45, 2.75) is 45.1 Å². The van der Waals surface area contributed by atoms with E-state index in [1.807, 2.05) is 10.8 Å². The Bertz CT molecular complexity index is 573. The van der Waals surface area contributed by atoms with Gasteiger partial charge in [-0.2, -0.15) is 11.3 Å². The summed E-state index contributed by atoms with van der Waals surface area (Å²) < 4.78 is 0. The van der Waals surface area contributed by atoms with Gasteiger partial charge in [-0.05, 0) is 35.7 Å². The maximum atomic E-state index is 12.6. The van der Waals surface area contributed by atoms with Gasteiger partial charge in [0.25, 0.3) is 5.91 Å². The van der Waals surface area contributed by atoms with E-state index in [1.165, 1.54) is 11.3 Å². The first kappa shape index (κ1) is 17.5. The third kappa shape index (κ3) is 3.90. The molecule has 2 N–H and O–H groups in total. The number of thiophene rings is 1. The molecule has 6 nitrogen and oxygen atoms in total. The summed E-state index contributed by atoms with van der Waals surface area (Å²) in [6, 6.07) is 1.28. The summed E-state index contributed by atoms with van der Waals surface area (Å²) in [7, 11) is 0. The summed E-state index contributed by atoms with van der Waals surface area (Å²) in [5.74, 6) is -0.693. The Morgan fingerprint density at radius 1 is 1.35 bits per heavy atom. The average Bonchev–Trinajstić information content (AvgIpc) is 3.12. The number of amides is 4. The zero-order valence-corrected chi connectivity index (χ0v) is 14.4. The first-order valence-electron chi connectivity index (χ1n) is 7.92. The van der Waals surface area contributed by atoms with Crippen molar-refractivity contribution in [1.29, 1.82) is 0 Å². The third-order valence-electron chi connectivity index (χ3n) is 4.03. The van der Waals surface area contributed by atoms with Crippen molar-refractivity contribution in [3.8, 4) is 0 Å². The van der Waals surface area contributed by atoms with Crippen LogP contribution in [0.2, 0.25) is 0 Å². The molecule has 0 aliphatic carbocycles. The molecule has 1 fully saturated rings.